The Balaban J connectivity index is 1.98. The lowest BCUT2D eigenvalue weighted by atomic mass is 9.87. The SMILES string of the molecule is Cc1ccc(S(=O)(=O)N(CCCNN)Cc2c(C)c(CN(CCCNN)S(=O)(=O)c3ccc(C)cc3)c(C)c(CN(CCCNN)S(=O)(=O)c3ccc(C)cc3)c2C)cc1. The van der Waals surface area contributed by atoms with Gasteiger partial charge in [-0.3, -0.25) is 33.8 Å². The summed E-state index contributed by atoms with van der Waals surface area (Å²) in [6.07, 6.45) is 1.21. The topological polar surface area (TPSA) is 226 Å². The zero-order valence-corrected chi connectivity index (χ0v) is 38.1. The molecule has 4 rings (SSSR count). The Labute approximate surface area is 357 Å². The Hall–Kier alpha value is -3.63. The molecule has 0 saturated heterocycles. The van der Waals surface area contributed by atoms with Crippen molar-refractivity contribution in [1.82, 2.24) is 29.2 Å². The summed E-state index contributed by atoms with van der Waals surface area (Å²) in [5.74, 6) is 16.8. The maximum absolute atomic E-state index is 14.4. The monoisotopic (exact) mass is 885 g/mol. The molecule has 0 radical (unpaired) electrons. The lowest BCUT2D eigenvalue weighted by molar-refractivity contribution is 0.384. The normalized spacial score (nSPS) is 12.6. The average molecular weight is 886 g/mol. The summed E-state index contributed by atoms with van der Waals surface area (Å²) in [6, 6.07) is 20.0. The van der Waals surface area contributed by atoms with Crippen LogP contribution in [0.1, 0.15) is 69.3 Å². The van der Waals surface area contributed by atoms with Gasteiger partial charge in [-0.1, -0.05) is 53.1 Å². The quantitative estimate of drug-likeness (QED) is 0.0337. The van der Waals surface area contributed by atoms with Crippen molar-refractivity contribution in [1.29, 1.82) is 0 Å². The van der Waals surface area contributed by atoms with E-state index in [1.807, 2.05) is 41.5 Å². The molecule has 0 amide bonds. The number of benzene rings is 4. The van der Waals surface area contributed by atoms with E-state index in [0.717, 1.165) is 16.7 Å². The van der Waals surface area contributed by atoms with E-state index < -0.39 is 30.1 Å². The minimum absolute atomic E-state index is 0.0671. The summed E-state index contributed by atoms with van der Waals surface area (Å²) in [6.45, 7) is 12.5. The van der Waals surface area contributed by atoms with Crippen molar-refractivity contribution < 1.29 is 25.3 Å². The third-order valence-electron chi connectivity index (χ3n) is 10.9. The van der Waals surface area contributed by atoms with Crippen LogP contribution in [0.25, 0.3) is 0 Å². The predicted molar refractivity (Wildman–Crippen MR) is 237 cm³/mol. The number of nitrogens with two attached hydrogens (primary N) is 3. The van der Waals surface area contributed by atoms with Crippen LogP contribution in [-0.4, -0.2) is 77.4 Å². The molecular weight excluding hydrogens is 823 g/mol. The Bertz CT molecular complexity index is 2080. The van der Waals surface area contributed by atoms with Crippen molar-refractivity contribution >= 4 is 30.1 Å². The lowest BCUT2D eigenvalue weighted by Crippen LogP contribution is -2.37. The number of rotatable bonds is 24. The van der Waals surface area contributed by atoms with Crippen LogP contribution >= 0.6 is 0 Å². The zero-order valence-electron chi connectivity index (χ0n) is 35.7. The molecule has 60 heavy (non-hydrogen) atoms. The first-order valence-corrected chi connectivity index (χ1v) is 24.3. The first-order chi connectivity index (χ1) is 28.4. The van der Waals surface area contributed by atoms with Crippen LogP contribution in [0.4, 0.5) is 0 Å². The molecule has 0 fully saturated rings. The maximum Gasteiger partial charge on any atom is 0.243 e. The number of nitrogens with one attached hydrogen (secondary N) is 3. The highest BCUT2D eigenvalue weighted by Gasteiger charge is 2.32. The van der Waals surface area contributed by atoms with E-state index in [1.54, 1.807) is 72.8 Å². The zero-order chi connectivity index (χ0) is 44.3. The number of hydrazine groups is 3. The molecule has 0 bridgehead atoms. The van der Waals surface area contributed by atoms with Crippen LogP contribution in [0.15, 0.2) is 87.5 Å². The van der Waals surface area contributed by atoms with Gasteiger partial charge in [-0.2, -0.15) is 12.9 Å². The van der Waals surface area contributed by atoms with Crippen molar-refractivity contribution in [2.75, 3.05) is 39.3 Å². The molecule has 0 aliphatic rings. The minimum atomic E-state index is -4.05. The first kappa shape index (κ1) is 49.0. The fraction of sp³-hybridized carbons (Fsp3) is 0.429. The van der Waals surface area contributed by atoms with Gasteiger partial charge < -0.3 is 0 Å². The van der Waals surface area contributed by atoms with Crippen LogP contribution in [-0.2, 0) is 49.7 Å². The average Bonchev–Trinajstić information content (AvgIpc) is 3.21. The third kappa shape index (κ3) is 12.0. The molecule has 0 heterocycles. The number of nitrogens with zero attached hydrogens (tertiary/aromatic N) is 3. The Morgan fingerprint density at radius 2 is 0.617 bits per heavy atom. The molecule has 0 aliphatic heterocycles. The lowest BCUT2D eigenvalue weighted by Gasteiger charge is -2.31. The largest absolute Gasteiger partial charge is 0.271 e. The number of aryl methyl sites for hydroxylation is 3. The summed E-state index contributed by atoms with van der Waals surface area (Å²) < 4.78 is 90.9. The summed E-state index contributed by atoms with van der Waals surface area (Å²) in [4.78, 5) is 0.387. The molecule has 4 aromatic carbocycles. The Morgan fingerprint density at radius 3 is 0.817 bits per heavy atom. The van der Waals surface area contributed by atoms with Gasteiger partial charge in [0.15, 0.2) is 0 Å². The van der Waals surface area contributed by atoms with Crippen molar-refractivity contribution in [3.05, 3.63) is 123 Å². The molecule has 18 heteroatoms. The highest BCUT2D eigenvalue weighted by molar-refractivity contribution is 7.89. The molecule has 15 nitrogen and oxygen atoms in total. The molecule has 0 aromatic heterocycles. The standard InChI is InChI=1S/C42H63N9O6S3/c1-31-10-16-37(17-11-31)58(52,53)49(25-7-22-46-43)28-40-34(4)41(29-50(26-8-23-47-44)59(54,55)38-18-12-32(2)13-19-38)36(6)42(35(40)5)30-51(27-9-24-48-45)60(56,57)39-20-14-33(3)15-21-39/h10-21,46-48H,7-9,22-30,43-45H2,1-6H3. The van der Waals surface area contributed by atoms with Crippen LogP contribution in [0.2, 0.25) is 0 Å². The van der Waals surface area contributed by atoms with E-state index in [0.29, 0.717) is 72.3 Å². The van der Waals surface area contributed by atoms with Crippen molar-refractivity contribution in [3.63, 3.8) is 0 Å². The van der Waals surface area contributed by atoms with E-state index in [-0.39, 0.29) is 54.0 Å². The number of hydrogen-bond acceptors (Lipinski definition) is 12. The second-order valence-electron chi connectivity index (χ2n) is 15.2. The van der Waals surface area contributed by atoms with Crippen LogP contribution < -0.4 is 33.8 Å². The molecule has 0 spiro atoms. The van der Waals surface area contributed by atoms with Gasteiger partial charge in [-0.25, -0.2) is 25.3 Å². The molecular formula is C42H63N9O6S3. The van der Waals surface area contributed by atoms with E-state index in [4.69, 9.17) is 17.5 Å². The van der Waals surface area contributed by atoms with Gasteiger partial charge in [-0.05, 0) is 131 Å². The van der Waals surface area contributed by atoms with E-state index in [2.05, 4.69) is 16.3 Å². The molecule has 9 N–H and O–H groups in total. The van der Waals surface area contributed by atoms with Crippen LogP contribution in [0, 0.1) is 41.5 Å². The first-order valence-electron chi connectivity index (χ1n) is 20.0. The Morgan fingerprint density at radius 1 is 0.400 bits per heavy atom. The summed E-state index contributed by atoms with van der Waals surface area (Å²) in [7, 11) is -12.2. The van der Waals surface area contributed by atoms with Crippen molar-refractivity contribution in [3.8, 4) is 0 Å². The fourth-order valence-electron chi connectivity index (χ4n) is 7.13. The van der Waals surface area contributed by atoms with Crippen LogP contribution in [0.3, 0.4) is 0 Å². The number of hydrogen-bond donors (Lipinski definition) is 6. The van der Waals surface area contributed by atoms with E-state index in [1.165, 1.54) is 12.9 Å². The molecule has 0 aliphatic carbocycles. The second-order valence-corrected chi connectivity index (χ2v) is 21.0. The molecule has 0 unspecified atom stereocenters. The van der Waals surface area contributed by atoms with Gasteiger partial charge in [0.1, 0.15) is 0 Å². The third-order valence-corrected chi connectivity index (χ3v) is 16.5. The summed E-state index contributed by atoms with van der Waals surface area (Å²) in [5.41, 5.74) is 14.6. The van der Waals surface area contributed by atoms with Crippen molar-refractivity contribution in [2.45, 2.75) is 95.1 Å². The van der Waals surface area contributed by atoms with Gasteiger partial charge >= 0.3 is 0 Å². The Kier molecular flexibility index (Phi) is 17.9. The molecule has 330 valence electrons. The maximum atomic E-state index is 14.4. The predicted octanol–water partition coefficient (Wildman–Crippen LogP) is 3.67. The fourth-order valence-corrected chi connectivity index (χ4v) is 11.5. The van der Waals surface area contributed by atoms with Crippen LogP contribution in [0.5, 0.6) is 0 Å². The van der Waals surface area contributed by atoms with Gasteiger partial charge in [-0.15, -0.1) is 0 Å². The second kappa shape index (κ2) is 21.9. The van der Waals surface area contributed by atoms with Gasteiger partial charge in [0.2, 0.25) is 30.1 Å². The highest BCUT2D eigenvalue weighted by atomic mass is 32.2. The molecule has 4 aromatic rings. The van der Waals surface area contributed by atoms with Gasteiger partial charge in [0, 0.05) is 58.9 Å². The highest BCUT2D eigenvalue weighted by Crippen LogP contribution is 2.34. The summed E-state index contributed by atoms with van der Waals surface area (Å²) in [5, 5.41) is 0. The van der Waals surface area contributed by atoms with Gasteiger partial charge in [0.05, 0.1) is 14.7 Å². The smallest absolute Gasteiger partial charge is 0.243 e. The summed E-state index contributed by atoms with van der Waals surface area (Å²) >= 11 is 0. The molecule has 0 saturated carbocycles. The van der Waals surface area contributed by atoms with E-state index >= 15 is 0 Å². The molecule has 0 atom stereocenters. The minimum Gasteiger partial charge on any atom is -0.271 e. The van der Waals surface area contributed by atoms with Gasteiger partial charge in [0.25, 0.3) is 0 Å². The van der Waals surface area contributed by atoms with Crippen molar-refractivity contribution in [2.24, 2.45) is 17.5 Å². The van der Waals surface area contributed by atoms with E-state index in [9.17, 15) is 25.3 Å². The number of sulfonamides is 3.